The van der Waals surface area contributed by atoms with Gasteiger partial charge in [-0.1, -0.05) is 17.7 Å². The Balaban J connectivity index is 1.48. The van der Waals surface area contributed by atoms with Crippen LogP contribution in [0.3, 0.4) is 0 Å². The number of hydrogen-bond donors (Lipinski definition) is 1. The maximum atomic E-state index is 12.1. The average Bonchev–Trinajstić information content (AvgIpc) is 3.19. The van der Waals surface area contributed by atoms with Gasteiger partial charge in [-0.05, 0) is 47.7 Å². The Labute approximate surface area is 169 Å². The standard InChI is InChI=1S/C17H17ClIN5O2/c1-12-16(19)9-21-24(12)6-5-17(25)22-14-8-20-23(10-14)11-26-15-4-2-3-13(18)7-15/h2-4,7-10H,5-6,11H2,1H3,(H,22,25). The van der Waals surface area contributed by atoms with E-state index in [2.05, 4.69) is 38.1 Å². The van der Waals surface area contributed by atoms with Crippen LogP contribution < -0.4 is 10.1 Å². The van der Waals surface area contributed by atoms with Crippen molar-refractivity contribution in [1.29, 1.82) is 0 Å². The summed E-state index contributed by atoms with van der Waals surface area (Å²) >= 11 is 8.14. The van der Waals surface area contributed by atoms with Gasteiger partial charge in [-0.3, -0.25) is 9.48 Å². The third-order valence-electron chi connectivity index (χ3n) is 3.67. The molecule has 0 fully saturated rings. The third-order valence-corrected chi connectivity index (χ3v) is 4.96. The van der Waals surface area contributed by atoms with Crippen LogP contribution in [0.2, 0.25) is 5.02 Å². The van der Waals surface area contributed by atoms with Gasteiger partial charge >= 0.3 is 0 Å². The number of benzene rings is 1. The normalized spacial score (nSPS) is 10.7. The van der Waals surface area contributed by atoms with Gasteiger partial charge in [-0.2, -0.15) is 10.2 Å². The van der Waals surface area contributed by atoms with E-state index in [1.165, 1.54) is 0 Å². The summed E-state index contributed by atoms with van der Waals surface area (Å²) in [4.78, 5) is 12.1. The number of rotatable bonds is 7. The summed E-state index contributed by atoms with van der Waals surface area (Å²) < 4.78 is 10.1. The fourth-order valence-electron chi connectivity index (χ4n) is 2.28. The highest BCUT2D eigenvalue weighted by Gasteiger charge is 2.08. The van der Waals surface area contributed by atoms with E-state index in [0.717, 1.165) is 9.26 Å². The van der Waals surface area contributed by atoms with E-state index in [4.69, 9.17) is 16.3 Å². The lowest BCUT2D eigenvalue weighted by Crippen LogP contribution is -2.15. The highest BCUT2D eigenvalue weighted by atomic mass is 127. The number of hydrogen-bond acceptors (Lipinski definition) is 4. The maximum Gasteiger partial charge on any atom is 0.226 e. The summed E-state index contributed by atoms with van der Waals surface area (Å²) in [5.74, 6) is 0.563. The Morgan fingerprint density at radius 3 is 2.92 bits per heavy atom. The lowest BCUT2D eigenvalue weighted by atomic mass is 10.3. The molecule has 9 heteroatoms. The molecule has 0 bridgehead atoms. The van der Waals surface area contributed by atoms with Gasteiger partial charge in [0.15, 0.2) is 6.73 Å². The minimum absolute atomic E-state index is 0.0924. The molecule has 1 aromatic carbocycles. The van der Waals surface area contributed by atoms with Crippen molar-refractivity contribution < 1.29 is 9.53 Å². The van der Waals surface area contributed by atoms with Crippen LogP contribution in [0.4, 0.5) is 5.69 Å². The number of halogens is 2. The number of aromatic nitrogens is 4. The van der Waals surface area contributed by atoms with Crippen molar-refractivity contribution in [2.75, 3.05) is 5.32 Å². The van der Waals surface area contributed by atoms with Gasteiger partial charge in [0.05, 0.1) is 34.4 Å². The second-order valence-electron chi connectivity index (χ2n) is 5.60. The van der Waals surface area contributed by atoms with E-state index in [1.54, 1.807) is 35.4 Å². The molecule has 2 heterocycles. The first-order valence-electron chi connectivity index (χ1n) is 7.90. The molecule has 1 N–H and O–H groups in total. The minimum Gasteiger partial charge on any atom is -0.471 e. The number of ether oxygens (including phenoxy) is 1. The van der Waals surface area contributed by atoms with Crippen LogP contribution in [0.1, 0.15) is 12.1 Å². The van der Waals surface area contributed by atoms with Crippen molar-refractivity contribution in [3.63, 3.8) is 0 Å². The molecule has 0 atom stereocenters. The van der Waals surface area contributed by atoms with Gasteiger partial charge in [-0.15, -0.1) is 0 Å². The lowest BCUT2D eigenvalue weighted by molar-refractivity contribution is -0.116. The molecule has 0 radical (unpaired) electrons. The van der Waals surface area contributed by atoms with Gasteiger partial charge in [0.25, 0.3) is 0 Å². The van der Waals surface area contributed by atoms with Crippen LogP contribution in [0.15, 0.2) is 42.9 Å². The van der Waals surface area contributed by atoms with E-state index in [0.29, 0.717) is 29.4 Å². The summed E-state index contributed by atoms with van der Waals surface area (Å²) in [7, 11) is 0. The number of nitrogens with zero attached hydrogens (tertiary/aromatic N) is 4. The highest BCUT2D eigenvalue weighted by Crippen LogP contribution is 2.17. The van der Waals surface area contributed by atoms with Crippen LogP contribution >= 0.6 is 34.2 Å². The van der Waals surface area contributed by atoms with Crippen molar-refractivity contribution in [3.05, 3.63) is 57.1 Å². The fraction of sp³-hybridized carbons (Fsp3) is 0.235. The van der Waals surface area contributed by atoms with Crippen LogP contribution in [-0.2, 0) is 18.1 Å². The number of amides is 1. The summed E-state index contributed by atoms with van der Waals surface area (Å²) in [6, 6.07) is 7.14. The Morgan fingerprint density at radius 1 is 1.35 bits per heavy atom. The summed E-state index contributed by atoms with van der Waals surface area (Å²) in [6.07, 6.45) is 5.42. The molecule has 3 rings (SSSR count). The number of aryl methyl sites for hydroxylation is 1. The van der Waals surface area contributed by atoms with Crippen molar-refractivity contribution in [3.8, 4) is 5.75 Å². The first-order valence-corrected chi connectivity index (χ1v) is 9.35. The molecule has 1 amide bonds. The smallest absolute Gasteiger partial charge is 0.226 e. The second-order valence-corrected chi connectivity index (χ2v) is 7.20. The molecule has 0 saturated carbocycles. The molecule has 0 aliphatic heterocycles. The monoisotopic (exact) mass is 485 g/mol. The molecule has 0 spiro atoms. The summed E-state index contributed by atoms with van der Waals surface area (Å²) in [6.45, 7) is 2.74. The first kappa shape index (κ1) is 18.7. The van der Waals surface area contributed by atoms with Gasteiger partial charge in [0.2, 0.25) is 5.91 Å². The highest BCUT2D eigenvalue weighted by molar-refractivity contribution is 14.1. The molecule has 0 saturated heterocycles. The molecule has 0 unspecified atom stereocenters. The summed E-state index contributed by atoms with van der Waals surface area (Å²) in [5, 5.41) is 11.8. The van der Waals surface area contributed by atoms with E-state index < -0.39 is 0 Å². The van der Waals surface area contributed by atoms with Gasteiger partial charge in [-0.25, -0.2) is 4.68 Å². The molecular weight excluding hydrogens is 469 g/mol. The first-order chi connectivity index (χ1) is 12.5. The number of nitrogens with one attached hydrogen (secondary N) is 1. The number of anilines is 1. The van der Waals surface area contributed by atoms with E-state index in [-0.39, 0.29) is 12.6 Å². The van der Waals surface area contributed by atoms with Crippen molar-refractivity contribution in [2.24, 2.45) is 0 Å². The molecule has 2 aromatic heterocycles. The third kappa shape index (κ3) is 4.98. The molecule has 0 aliphatic rings. The zero-order chi connectivity index (χ0) is 18.5. The average molecular weight is 486 g/mol. The molecule has 3 aromatic rings. The minimum atomic E-state index is -0.0924. The number of carbonyl (C=O) groups is 1. The van der Waals surface area contributed by atoms with Crippen LogP contribution in [0.5, 0.6) is 5.75 Å². The second kappa shape index (κ2) is 8.54. The van der Waals surface area contributed by atoms with Gasteiger partial charge < -0.3 is 10.1 Å². The Morgan fingerprint density at radius 2 is 2.19 bits per heavy atom. The largest absolute Gasteiger partial charge is 0.471 e. The molecular formula is C17H17ClIN5O2. The predicted molar refractivity (Wildman–Crippen MR) is 107 cm³/mol. The zero-order valence-corrected chi connectivity index (χ0v) is 16.9. The van der Waals surface area contributed by atoms with Crippen LogP contribution in [0, 0.1) is 10.5 Å². The van der Waals surface area contributed by atoms with Crippen molar-refractivity contribution in [2.45, 2.75) is 26.6 Å². The zero-order valence-electron chi connectivity index (χ0n) is 14.0. The maximum absolute atomic E-state index is 12.1. The molecule has 7 nitrogen and oxygen atoms in total. The fourth-order valence-corrected chi connectivity index (χ4v) is 2.86. The predicted octanol–water partition coefficient (Wildman–Crippen LogP) is 3.71. The SMILES string of the molecule is Cc1c(I)cnn1CCC(=O)Nc1cnn(COc2cccc(Cl)c2)c1. The van der Waals surface area contributed by atoms with Crippen molar-refractivity contribution in [1.82, 2.24) is 19.6 Å². The summed E-state index contributed by atoms with van der Waals surface area (Å²) in [5.41, 5.74) is 1.68. The topological polar surface area (TPSA) is 74.0 Å². The number of carbonyl (C=O) groups excluding carboxylic acids is 1. The Hall–Kier alpha value is -2.07. The Kier molecular flexibility index (Phi) is 6.15. The van der Waals surface area contributed by atoms with Gasteiger partial charge in [0, 0.05) is 17.1 Å². The lowest BCUT2D eigenvalue weighted by Gasteiger charge is -2.06. The van der Waals surface area contributed by atoms with E-state index in [1.807, 2.05) is 23.7 Å². The van der Waals surface area contributed by atoms with Crippen LogP contribution in [-0.4, -0.2) is 25.5 Å². The molecule has 26 heavy (non-hydrogen) atoms. The van der Waals surface area contributed by atoms with Gasteiger partial charge in [0.1, 0.15) is 5.75 Å². The Bertz CT molecular complexity index is 908. The van der Waals surface area contributed by atoms with Crippen molar-refractivity contribution >= 4 is 45.8 Å². The van der Waals surface area contributed by atoms with Crippen LogP contribution in [0.25, 0.3) is 0 Å². The molecule has 0 aliphatic carbocycles. The van der Waals surface area contributed by atoms with E-state index >= 15 is 0 Å². The molecule has 136 valence electrons. The quantitative estimate of drug-likeness (QED) is 0.518. The van der Waals surface area contributed by atoms with E-state index in [9.17, 15) is 4.79 Å².